The highest BCUT2D eigenvalue weighted by molar-refractivity contribution is 5.25. The second kappa shape index (κ2) is 2.69. The largest absolute Gasteiger partial charge is 0.506 e. The lowest BCUT2D eigenvalue weighted by Gasteiger charge is -2.00. The molecule has 2 N–H and O–H groups in total. The molecule has 0 saturated carbocycles. The van der Waals surface area contributed by atoms with E-state index in [2.05, 4.69) is 0 Å². The number of hydrogen-bond donors (Lipinski definition) is 2. The van der Waals surface area contributed by atoms with Crippen LogP contribution in [0.1, 0.15) is 12.1 Å². The number of halogens is 2. The number of aromatic amines is 1. The molecule has 0 aliphatic heterocycles. The van der Waals surface area contributed by atoms with E-state index in [1.807, 2.05) is 4.98 Å². The fraction of sp³-hybridized carbons (Fsp3) is 0.167. The summed E-state index contributed by atoms with van der Waals surface area (Å²) in [5.74, 6) is -0.598. The average Bonchev–Trinajstić information content (AvgIpc) is 1.94. The van der Waals surface area contributed by atoms with Crippen molar-refractivity contribution in [2.75, 3.05) is 0 Å². The van der Waals surface area contributed by atoms with Crippen molar-refractivity contribution in [1.82, 2.24) is 4.98 Å². The molecule has 0 radical (unpaired) electrons. The van der Waals surface area contributed by atoms with Crippen LogP contribution in [0.4, 0.5) is 8.78 Å². The van der Waals surface area contributed by atoms with E-state index in [1.54, 1.807) is 0 Å². The number of pyridine rings is 1. The molecule has 1 rings (SSSR count). The van der Waals surface area contributed by atoms with Gasteiger partial charge < -0.3 is 10.1 Å². The summed E-state index contributed by atoms with van der Waals surface area (Å²) in [5.41, 5.74) is -1.39. The smallest absolute Gasteiger partial charge is 0.281 e. The minimum Gasteiger partial charge on any atom is -0.506 e. The quantitative estimate of drug-likeness (QED) is 0.646. The van der Waals surface area contributed by atoms with Crippen molar-refractivity contribution < 1.29 is 13.9 Å². The number of nitrogens with one attached hydrogen (secondary N) is 1. The van der Waals surface area contributed by atoms with E-state index < -0.39 is 23.4 Å². The number of rotatable bonds is 1. The second-order valence-electron chi connectivity index (χ2n) is 1.92. The van der Waals surface area contributed by atoms with Gasteiger partial charge in [-0.2, -0.15) is 0 Å². The minimum atomic E-state index is -2.86. The van der Waals surface area contributed by atoms with Crippen LogP contribution in [0.25, 0.3) is 0 Å². The van der Waals surface area contributed by atoms with E-state index in [-0.39, 0.29) is 0 Å². The molecule has 0 aromatic carbocycles. The van der Waals surface area contributed by atoms with Crippen molar-refractivity contribution in [3.05, 3.63) is 28.2 Å². The van der Waals surface area contributed by atoms with Crippen LogP contribution in [0, 0.1) is 0 Å². The first-order chi connectivity index (χ1) is 5.11. The Morgan fingerprint density at radius 2 is 2.09 bits per heavy atom. The second-order valence-corrected chi connectivity index (χ2v) is 1.92. The van der Waals surface area contributed by atoms with E-state index in [0.717, 1.165) is 12.1 Å². The van der Waals surface area contributed by atoms with Gasteiger partial charge in [0.2, 0.25) is 5.56 Å². The molecule has 5 heteroatoms. The molecule has 0 atom stereocenters. The highest BCUT2D eigenvalue weighted by atomic mass is 19.3. The predicted molar refractivity (Wildman–Crippen MR) is 33.7 cm³/mol. The molecule has 60 valence electrons. The maximum Gasteiger partial charge on any atom is 0.281 e. The summed E-state index contributed by atoms with van der Waals surface area (Å²) in [6, 6.07) is 1.90. The summed E-state index contributed by atoms with van der Waals surface area (Å²) < 4.78 is 23.8. The fourth-order valence-corrected chi connectivity index (χ4v) is 0.649. The summed E-state index contributed by atoms with van der Waals surface area (Å²) in [6.45, 7) is 0. The van der Waals surface area contributed by atoms with Gasteiger partial charge in [-0.1, -0.05) is 0 Å². The minimum absolute atomic E-state index is 0.598. The van der Waals surface area contributed by atoms with Gasteiger partial charge in [0, 0.05) is 6.07 Å². The first-order valence-corrected chi connectivity index (χ1v) is 2.81. The SMILES string of the molecule is O=c1ccc(O)c(C(F)F)[nH]1. The van der Waals surface area contributed by atoms with Crippen LogP contribution in [0.2, 0.25) is 0 Å². The molecule has 0 spiro atoms. The first kappa shape index (κ1) is 7.71. The van der Waals surface area contributed by atoms with Gasteiger partial charge in [0.15, 0.2) is 0 Å². The molecule has 0 unspecified atom stereocenters. The Morgan fingerprint density at radius 1 is 1.45 bits per heavy atom. The molecule has 3 nitrogen and oxygen atoms in total. The van der Waals surface area contributed by atoms with Crippen molar-refractivity contribution in [2.24, 2.45) is 0 Å². The molecule has 1 aromatic rings. The van der Waals surface area contributed by atoms with Gasteiger partial charge in [0.05, 0.1) is 0 Å². The van der Waals surface area contributed by atoms with Crippen LogP contribution in [-0.4, -0.2) is 10.1 Å². The van der Waals surface area contributed by atoms with Crippen molar-refractivity contribution >= 4 is 0 Å². The summed E-state index contributed by atoms with van der Waals surface area (Å²) in [6.07, 6.45) is -2.86. The molecule has 0 amide bonds. The molecule has 11 heavy (non-hydrogen) atoms. The third kappa shape index (κ3) is 1.54. The van der Waals surface area contributed by atoms with E-state index in [9.17, 15) is 13.6 Å². The molecule has 1 heterocycles. The monoisotopic (exact) mass is 161 g/mol. The molecular formula is C6H5F2NO2. The normalized spacial score (nSPS) is 10.5. The molecule has 0 bridgehead atoms. The number of hydrogen-bond acceptors (Lipinski definition) is 2. The van der Waals surface area contributed by atoms with Gasteiger partial charge in [0.1, 0.15) is 11.4 Å². The van der Waals surface area contributed by atoms with Crippen LogP contribution in [0.5, 0.6) is 5.75 Å². The highest BCUT2D eigenvalue weighted by Crippen LogP contribution is 2.23. The van der Waals surface area contributed by atoms with Gasteiger partial charge in [-0.05, 0) is 6.07 Å². The Morgan fingerprint density at radius 3 is 2.55 bits per heavy atom. The summed E-state index contributed by atoms with van der Waals surface area (Å²) in [5, 5.41) is 8.76. The van der Waals surface area contributed by atoms with Crippen molar-refractivity contribution in [2.45, 2.75) is 6.43 Å². The van der Waals surface area contributed by atoms with Crippen LogP contribution in [0.15, 0.2) is 16.9 Å². The van der Waals surface area contributed by atoms with Gasteiger partial charge in [-0.15, -0.1) is 0 Å². The Kier molecular flexibility index (Phi) is 1.89. The van der Waals surface area contributed by atoms with Gasteiger partial charge in [0.25, 0.3) is 6.43 Å². The first-order valence-electron chi connectivity index (χ1n) is 2.81. The van der Waals surface area contributed by atoms with E-state index in [1.165, 1.54) is 0 Å². The highest BCUT2D eigenvalue weighted by Gasteiger charge is 2.12. The topological polar surface area (TPSA) is 53.1 Å². The molecular weight excluding hydrogens is 156 g/mol. The van der Waals surface area contributed by atoms with Crippen LogP contribution >= 0.6 is 0 Å². The predicted octanol–water partition coefficient (Wildman–Crippen LogP) is 1.02. The van der Waals surface area contributed by atoms with Crippen molar-refractivity contribution in [1.29, 1.82) is 0 Å². The maximum absolute atomic E-state index is 11.9. The Hall–Kier alpha value is -1.39. The van der Waals surface area contributed by atoms with Crippen LogP contribution in [-0.2, 0) is 0 Å². The zero-order chi connectivity index (χ0) is 8.43. The van der Waals surface area contributed by atoms with Crippen molar-refractivity contribution in [3.63, 3.8) is 0 Å². The number of H-pyrrole nitrogens is 1. The molecule has 0 aliphatic carbocycles. The molecule has 0 aliphatic rings. The molecule has 0 saturated heterocycles. The lowest BCUT2D eigenvalue weighted by molar-refractivity contribution is 0.141. The average molecular weight is 161 g/mol. The third-order valence-corrected chi connectivity index (χ3v) is 1.14. The molecule has 0 fully saturated rings. The maximum atomic E-state index is 11.9. The number of aromatic nitrogens is 1. The number of alkyl halides is 2. The zero-order valence-electron chi connectivity index (χ0n) is 5.34. The van der Waals surface area contributed by atoms with E-state index >= 15 is 0 Å². The molecule has 1 aromatic heterocycles. The summed E-state index contributed by atoms with van der Waals surface area (Å²) in [7, 11) is 0. The zero-order valence-corrected chi connectivity index (χ0v) is 5.34. The standard InChI is InChI=1S/C6H5F2NO2/c7-6(8)5-3(10)1-2-4(11)9-5/h1-2,6,10H,(H,9,11). The lowest BCUT2D eigenvalue weighted by Crippen LogP contribution is -2.06. The van der Waals surface area contributed by atoms with E-state index in [4.69, 9.17) is 5.11 Å². The Balaban J connectivity index is 3.23. The van der Waals surface area contributed by atoms with Crippen LogP contribution < -0.4 is 5.56 Å². The lowest BCUT2D eigenvalue weighted by atomic mass is 10.3. The third-order valence-electron chi connectivity index (χ3n) is 1.14. The summed E-state index contributed by atoms with van der Waals surface area (Å²) in [4.78, 5) is 12.3. The van der Waals surface area contributed by atoms with E-state index in [0.29, 0.717) is 0 Å². The van der Waals surface area contributed by atoms with Gasteiger partial charge >= 0.3 is 0 Å². The van der Waals surface area contributed by atoms with Gasteiger partial charge in [-0.3, -0.25) is 4.79 Å². The fourth-order valence-electron chi connectivity index (χ4n) is 0.649. The Labute approximate surface area is 60.3 Å². The van der Waals surface area contributed by atoms with Gasteiger partial charge in [-0.25, -0.2) is 8.78 Å². The number of aromatic hydroxyl groups is 1. The van der Waals surface area contributed by atoms with Crippen LogP contribution in [0.3, 0.4) is 0 Å². The summed E-state index contributed by atoms with van der Waals surface area (Å²) >= 11 is 0. The Bertz CT molecular complexity index is 308. The van der Waals surface area contributed by atoms with Crippen molar-refractivity contribution in [3.8, 4) is 5.75 Å².